The number of unbranched alkanes of at least 4 members (excludes halogenated alkanes) is 3. The number of thiazole rings is 1. The monoisotopic (exact) mass is 457 g/mol. The van der Waals surface area contributed by atoms with Gasteiger partial charge in [-0.2, -0.15) is 0 Å². The van der Waals surface area contributed by atoms with E-state index in [1.807, 2.05) is 17.7 Å². The molecule has 24 heavy (non-hydrogen) atoms. The molecule has 0 spiro atoms. The van der Waals surface area contributed by atoms with Crippen LogP contribution in [0.2, 0.25) is 13.3 Å². The molecule has 2 rings (SSSR count). The van der Waals surface area contributed by atoms with Crippen LogP contribution in [0.25, 0.3) is 4.83 Å². The van der Waals surface area contributed by atoms with Crippen LogP contribution in [-0.4, -0.2) is 39.2 Å². The number of imidazole rings is 1. The van der Waals surface area contributed by atoms with Crippen molar-refractivity contribution in [1.29, 1.82) is 0 Å². The third-order valence-electron chi connectivity index (χ3n) is 4.97. The van der Waals surface area contributed by atoms with E-state index in [1.54, 1.807) is 2.89 Å². The van der Waals surface area contributed by atoms with Crippen molar-refractivity contribution in [2.45, 2.75) is 72.6 Å². The average Bonchev–Trinajstić information content (AvgIpc) is 3.17. The Morgan fingerprint density at radius 3 is 2.21 bits per heavy atom. The van der Waals surface area contributed by atoms with Gasteiger partial charge in [0.05, 0.1) is 0 Å². The van der Waals surface area contributed by atoms with Crippen molar-refractivity contribution >= 4 is 43.7 Å². The minimum absolute atomic E-state index is 0.787. The molecule has 0 atom stereocenters. The first-order valence-electron chi connectivity index (χ1n) is 9.35. The van der Waals surface area contributed by atoms with Crippen LogP contribution in [0.1, 0.15) is 65.0 Å². The molecule has 4 nitrogen and oxygen atoms in total. The number of hydrogen-bond donors (Lipinski definition) is 1. The van der Waals surface area contributed by atoms with Gasteiger partial charge in [0.1, 0.15) is 0 Å². The summed E-state index contributed by atoms with van der Waals surface area (Å²) in [5.41, 5.74) is 0.787. The summed E-state index contributed by atoms with van der Waals surface area (Å²) in [7, 11) is 0. The SMILES string of the molecule is CCC[CH2][Sn]([CH2]CCC)([CH2]CCC)[c]1cn2cnc(/C=N\O)c2s1. The zero-order valence-corrected chi connectivity index (χ0v) is 19.0. The number of aromatic nitrogens is 2. The van der Waals surface area contributed by atoms with E-state index in [1.165, 1.54) is 58.0 Å². The first kappa shape index (κ1) is 19.8. The van der Waals surface area contributed by atoms with E-state index < -0.39 is 18.4 Å². The molecule has 0 unspecified atom stereocenters. The Morgan fingerprint density at radius 1 is 1.12 bits per heavy atom. The summed E-state index contributed by atoms with van der Waals surface area (Å²) in [4.78, 5) is 5.47. The quantitative estimate of drug-likeness (QED) is 0.217. The standard InChI is InChI=1S/C6H4N3OS.3C4H9.Sn/c10-8-3-5-6-9(4-7-5)1-2-11-6;3*1-3-4-2;/h1,3-4,10H;3*1,3-4H2,2H3;/b8-3-;;;;. The van der Waals surface area contributed by atoms with Crippen molar-refractivity contribution in [2.24, 2.45) is 5.16 Å². The fourth-order valence-electron chi connectivity index (χ4n) is 3.50. The molecule has 2 aromatic heterocycles. The van der Waals surface area contributed by atoms with Gasteiger partial charge in [-0.05, 0) is 0 Å². The molecule has 0 saturated carbocycles. The maximum atomic E-state index is 8.85. The molecule has 0 saturated heterocycles. The fraction of sp³-hybridized carbons (Fsp3) is 0.667. The Bertz CT molecular complexity index is 628. The summed E-state index contributed by atoms with van der Waals surface area (Å²) in [5.74, 6) is 0. The van der Waals surface area contributed by atoms with Crippen LogP contribution in [0, 0.1) is 0 Å². The number of fused-ring (bicyclic) bond motifs is 1. The predicted molar refractivity (Wildman–Crippen MR) is 107 cm³/mol. The Morgan fingerprint density at radius 2 is 1.71 bits per heavy atom. The Labute approximate surface area is 153 Å². The molecule has 6 heteroatoms. The fourth-order valence-corrected chi connectivity index (χ4v) is 23.5. The molecule has 0 aromatic carbocycles. The molecule has 2 heterocycles. The van der Waals surface area contributed by atoms with Crippen LogP contribution in [0.5, 0.6) is 0 Å². The van der Waals surface area contributed by atoms with Gasteiger partial charge < -0.3 is 0 Å². The van der Waals surface area contributed by atoms with E-state index in [0.717, 1.165) is 10.5 Å². The summed E-state index contributed by atoms with van der Waals surface area (Å²) in [5, 5.41) is 12.0. The second kappa shape index (κ2) is 9.80. The zero-order chi connectivity index (χ0) is 17.4. The number of nitrogens with zero attached hydrogens (tertiary/aromatic N) is 3. The van der Waals surface area contributed by atoms with Gasteiger partial charge in [0.25, 0.3) is 0 Å². The Balaban J connectivity index is 2.42. The van der Waals surface area contributed by atoms with E-state index in [2.05, 4.69) is 41.5 Å². The van der Waals surface area contributed by atoms with Gasteiger partial charge in [0, 0.05) is 0 Å². The zero-order valence-electron chi connectivity index (χ0n) is 15.3. The van der Waals surface area contributed by atoms with Crippen LogP contribution in [0.3, 0.4) is 0 Å². The molecule has 0 aliphatic heterocycles. The second-order valence-electron chi connectivity index (χ2n) is 6.77. The van der Waals surface area contributed by atoms with Gasteiger partial charge in [-0.15, -0.1) is 0 Å². The summed E-state index contributed by atoms with van der Waals surface area (Å²) in [6, 6.07) is 0. The third-order valence-corrected chi connectivity index (χ3v) is 24.3. The average molecular weight is 456 g/mol. The molecule has 2 aromatic rings. The molecule has 0 amide bonds. The van der Waals surface area contributed by atoms with Crippen molar-refractivity contribution in [3.8, 4) is 0 Å². The summed E-state index contributed by atoms with van der Waals surface area (Å²) < 4.78 is 8.26. The summed E-state index contributed by atoms with van der Waals surface area (Å²) >= 11 is -0.443. The van der Waals surface area contributed by atoms with E-state index >= 15 is 0 Å². The molecule has 0 fully saturated rings. The second-order valence-corrected chi connectivity index (χ2v) is 22.0. The van der Waals surface area contributed by atoms with E-state index in [9.17, 15) is 0 Å². The minimum atomic E-state index is -2.36. The van der Waals surface area contributed by atoms with E-state index in [4.69, 9.17) is 5.21 Å². The predicted octanol–water partition coefficient (Wildman–Crippen LogP) is 5.26. The van der Waals surface area contributed by atoms with Crippen LogP contribution >= 0.6 is 11.3 Å². The van der Waals surface area contributed by atoms with E-state index in [0.29, 0.717) is 0 Å². The molecule has 0 bridgehead atoms. The van der Waals surface area contributed by atoms with Gasteiger partial charge >= 0.3 is 154 Å². The van der Waals surface area contributed by atoms with E-state index in [-0.39, 0.29) is 0 Å². The summed E-state index contributed by atoms with van der Waals surface area (Å²) in [6.45, 7) is 6.95. The van der Waals surface area contributed by atoms with Gasteiger partial charge in [0.2, 0.25) is 0 Å². The molecule has 0 aliphatic rings. The summed E-state index contributed by atoms with van der Waals surface area (Å²) in [6.07, 6.45) is 13.7. The topological polar surface area (TPSA) is 49.9 Å². The normalized spacial score (nSPS) is 12.6. The van der Waals surface area contributed by atoms with Gasteiger partial charge in [-0.3, -0.25) is 0 Å². The molecule has 0 aliphatic carbocycles. The third kappa shape index (κ3) is 4.54. The first-order chi connectivity index (χ1) is 11.7. The van der Waals surface area contributed by atoms with Gasteiger partial charge in [0.15, 0.2) is 0 Å². The molecule has 134 valence electrons. The van der Waals surface area contributed by atoms with Gasteiger partial charge in [-0.1, -0.05) is 0 Å². The number of hydrogen-bond acceptors (Lipinski definition) is 4. The Hall–Kier alpha value is -0.561. The van der Waals surface area contributed by atoms with Crippen LogP contribution in [0.4, 0.5) is 0 Å². The van der Waals surface area contributed by atoms with Crippen molar-refractivity contribution < 1.29 is 5.21 Å². The number of rotatable bonds is 11. The first-order valence-corrected chi connectivity index (χ1v) is 17.6. The van der Waals surface area contributed by atoms with Crippen molar-refractivity contribution in [1.82, 2.24) is 9.38 Å². The van der Waals surface area contributed by atoms with Crippen molar-refractivity contribution in [3.63, 3.8) is 0 Å². The van der Waals surface area contributed by atoms with Crippen LogP contribution in [0.15, 0.2) is 17.7 Å². The van der Waals surface area contributed by atoms with Crippen molar-refractivity contribution in [3.05, 3.63) is 18.2 Å². The maximum absolute atomic E-state index is 8.85. The van der Waals surface area contributed by atoms with Crippen molar-refractivity contribution in [2.75, 3.05) is 0 Å². The molecular weight excluding hydrogens is 425 g/mol. The van der Waals surface area contributed by atoms with Crippen LogP contribution < -0.4 is 2.89 Å². The Kier molecular flexibility index (Phi) is 8.07. The molecule has 0 radical (unpaired) electrons. The number of oxime groups is 1. The van der Waals surface area contributed by atoms with Crippen LogP contribution in [-0.2, 0) is 0 Å². The van der Waals surface area contributed by atoms with Gasteiger partial charge in [-0.25, -0.2) is 0 Å². The molecular formula is C18H31N3OSSn. The molecule has 1 N–H and O–H groups in total.